The number of hydrogen-bond donors (Lipinski definition) is 1. The van der Waals surface area contributed by atoms with E-state index in [9.17, 15) is 18.5 Å². The fraction of sp³-hybridized carbons (Fsp3) is 0.100. The SMILES string of the molecule is O=[N+]([O-])c1cccc(S(=O)(=O)NCc2nccs2)c1. The second-order valence-corrected chi connectivity index (χ2v) is 6.25. The lowest BCUT2D eigenvalue weighted by Crippen LogP contribution is -2.23. The van der Waals surface area contributed by atoms with Gasteiger partial charge in [-0.2, -0.15) is 0 Å². The second kappa shape index (κ2) is 5.43. The Balaban J connectivity index is 2.19. The van der Waals surface area contributed by atoms with Gasteiger partial charge in [-0.15, -0.1) is 11.3 Å². The van der Waals surface area contributed by atoms with Crippen LogP contribution in [0.1, 0.15) is 5.01 Å². The first-order valence-corrected chi connectivity index (χ1v) is 7.48. The predicted molar refractivity (Wildman–Crippen MR) is 69.2 cm³/mol. The maximum absolute atomic E-state index is 11.9. The van der Waals surface area contributed by atoms with Crippen LogP contribution in [0.15, 0.2) is 40.7 Å². The Morgan fingerprint density at radius 2 is 2.21 bits per heavy atom. The van der Waals surface area contributed by atoms with Crippen LogP contribution in [0.3, 0.4) is 0 Å². The Labute approximate surface area is 113 Å². The molecular formula is C10H9N3O4S2. The maximum atomic E-state index is 11.9. The van der Waals surface area contributed by atoms with Gasteiger partial charge in [0, 0.05) is 23.7 Å². The molecule has 0 amide bonds. The molecule has 0 unspecified atom stereocenters. The lowest BCUT2D eigenvalue weighted by molar-refractivity contribution is -0.385. The summed E-state index contributed by atoms with van der Waals surface area (Å²) in [6.07, 6.45) is 1.57. The van der Waals surface area contributed by atoms with Crippen LogP contribution in [0.25, 0.3) is 0 Å². The van der Waals surface area contributed by atoms with Crippen molar-refractivity contribution in [3.05, 3.63) is 51.0 Å². The molecule has 0 aliphatic carbocycles. The molecule has 0 radical (unpaired) electrons. The average Bonchev–Trinajstić information content (AvgIpc) is 2.90. The monoisotopic (exact) mass is 299 g/mol. The Bertz CT molecular complexity index is 683. The third-order valence-electron chi connectivity index (χ3n) is 2.24. The lowest BCUT2D eigenvalue weighted by Gasteiger charge is -2.04. The van der Waals surface area contributed by atoms with E-state index in [0.29, 0.717) is 5.01 Å². The maximum Gasteiger partial charge on any atom is 0.270 e. The van der Waals surface area contributed by atoms with Crippen LogP contribution in [0.5, 0.6) is 0 Å². The van der Waals surface area contributed by atoms with Crippen molar-refractivity contribution in [3.63, 3.8) is 0 Å². The summed E-state index contributed by atoms with van der Waals surface area (Å²) < 4.78 is 26.2. The molecule has 7 nitrogen and oxygen atoms in total. The summed E-state index contributed by atoms with van der Waals surface area (Å²) in [4.78, 5) is 13.8. The molecule has 1 N–H and O–H groups in total. The molecule has 0 spiro atoms. The minimum absolute atomic E-state index is 0.0582. The van der Waals surface area contributed by atoms with Crippen molar-refractivity contribution < 1.29 is 13.3 Å². The fourth-order valence-corrected chi connectivity index (χ4v) is 3.02. The van der Waals surface area contributed by atoms with Crippen molar-refractivity contribution in [2.45, 2.75) is 11.4 Å². The van der Waals surface area contributed by atoms with Crippen LogP contribution < -0.4 is 4.72 Å². The highest BCUT2D eigenvalue weighted by molar-refractivity contribution is 7.89. The molecule has 0 atom stereocenters. The van der Waals surface area contributed by atoms with E-state index in [0.717, 1.165) is 6.07 Å². The van der Waals surface area contributed by atoms with E-state index in [4.69, 9.17) is 0 Å². The zero-order valence-corrected chi connectivity index (χ0v) is 11.1. The summed E-state index contributed by atoms with van der Waals surface area (Å²) >= 11 is 1.32. The Morgan fingerprint density at radius 3 is 2.84 bits per heavy atom. The van der Waals surface area contributed by atoms with Crippen molar-refractivity contribution in [1.29, 1.82) is 0 Å². The first-order chi connectivity index (χ1) is 8.99. The number of sulfonamides is 1. The Hall–Kier alpha value is -1.84. The van der Waals surface area contributed by atoms with Crippen molar-refractivity contribution in [1.82, 2.24) is 9.71 Å². The number of benzene rings is 1. The third-order valence-corrected chi connectivity index (χ3v) is 4.41. The van der Waals surface area contributed by atoms with E-state index in [1.165, 1.54) is 29.5 Å². The number of hydrogen-bond acceptors (Lipinski definition) is 6. The normalized spacial score (nSPS) is 11.4. The third kappa shape index (κ3) is 3.34. The zero-order valence-electron chi connectivity index (χ0n) is 9.52. The summed E-state index contributed by atoms with van der Waals surface area (Å²) in [6, 6.07) is 4.89. The predicted octanol–water partition coefficient (Wildman–Crippen LogP) is 1.53. The largest absolute Gasteiger partial charge is 0.270 e. The van der Waals surface area contributed by atoms with E-state index in [-0.39, 0.29) is 17.1 Å². The smallest absolute Gasteiger partial charge is 0.258 e. The number of non-ortho nitro benzene ring substituents is 1. The molecule has 0 fully saturated rings. The molecule has 0 bridgehead atoms. The molecule has 1 heterocycles. The number of rotatable bonds is 5. The van der Waals surface area contributed by atoms with Crippen molar-refractivity contribution >= 4 is 27.0 Å². The summed E-state index contributed by atoms with van der Waals surface area (Å²) in [5, 5.41) is 13.0. The number of nitrogens with one attached hydrogen (secondary N) is 1. The van der Waals surface area contributed by atoms with Crippen molar-refractivity contribution in [3.8, 4) is 0 Å². The minimum Gasteiger partial charge on any atom is -0.258 e. The quantitative estimate of drug-likeness (QED) is 0.666. The topological polar surface area (TPSA) is 102 Å². The number of aromatic nitrogens is 1. The number of nitro groups is 1. The molecule has 19 heavy (non-hydrogen) atoms. The molecular weight excluding hydrogens is 290 g/mol. The molecule has 0 aliphatic rings. The summed E-state index contributed by atoms with van der Waals surface area (Å²) in [5.41, 5.74) is -0.267. The second-order valence-electron chi connectivity index (χ2n) is 3.50. The van der Waals surface area contributed by atoms with Crippen molar-refractivity contribution in [2.24, 2.45) is 0 Å². The first kappa shape index (κ1) is 13.6. The number of nitrogens with zero attached hydrogens (tertiary/aromatic N) is 2. The van der Waals surface area contributed by atoms with E-state index >= 15 is 0 Å². The summed E-state index contributed by atoms with van der Waals surface area (Å²) in [7, 11) is -3.78. The van der Waals surface area contributed by atoms with Crippen LogP contribution >= 0.6 is 11.3 Å². The number of nitro benzene ring substituents is 1. The zero-order chi connectivity index (χ0) is 13.9. The molecule has 9 heteroatoms. The van der Waals surface area contributed by atoms with Gasteiger partial charge in [0.1, 0.15) is 5.01 Å². The lowest BCUT2D eigenvalue weighted by atomic mass is 10.3. The molecule has 2 rings (SSSR count). The van der Waals surface area contributed by atoms with Crippen LogP contribution in [0.4, 0.5) is 5.69 Å². The molecule has 0 aliphatic heterocycles. The Kier molecular flexibility index (Phi) is 3.88. The van der Waals surface area contributed by atoms with E-state index in [1.807, 2.05) is 0 Å². The van der Waals surface area contributed by atoms with Gasteiger partial charge in [0.05, 0.1) is 16.4 Å². The van der Waals surface area contributed by atoms with Crippen LogP contribution in [0, 0.1) is 10.1 Å². The Morgan fingerprint density at radius 1 is 1.42 bits per heavy atom. The van der Waals surface area contributed by atoms with Gasteiger partial charge in [0.25, 0.3) is 5.69 Å². The van der Waals surface area contributed by atoms with Gasteiger partial charge in [-0.3, -0.25) is 10.1 Å². The van der Waals surface area contributed by atoms with Gasteiger partial charge in [-0.05, 0) is 6.07 Å². The minimum atomic E-state index is -3.78. The van der Waals surface area contributed by atoms with Gasteiger partial charge in [-0.25, -0.2) is 18.1 Å². The molecule has 1 aromatic carbocycles. The molecule has 2 aromatic rings. The summed E-state index contributed by atoms with van der Waals surface area (Å²) in [5.74, 6) is 0. The van der Waals surface area contributed by atoms with Crippen molar-refractivity contribution in [2.75, 3.05) is 0 Å². The van der Waals surface area contributed by atoms with Gasteiger partial charge in [0.15, 0.2) is 0 Å². The highest BCUT2D eigenvalue weighted by Crippen LogP contribution is 2.17. The van der Waals surface area contributed by atoms with Gasteiger partial charge in [0.2, 0.25) is 10.0 Å². The molecule has 1 aromatic heterocycles. The van der Waals surface area contributed by atoms with Gasteiger partial charge in [-0.1, -0.05) is 6.07 Å². The van der Waals surface area contributed by atoms with E-state index in [2.05, 4.69) is 9.71 Å². The van der Waals surface area contributed by atoms with E-state index < -0.39 is 14.9 Å². The van der Waals surface area contributed by atoms with Crippen LogP contribution in [0.2, 0.25) is 0 Å². The molecule has 0 saturated heterocycles. The van der Waals surface area contributed by atoms with Crippen LogP contribution in [-0.4, -0.2) is 18.3 Å². The first-order valence-electron chi connectivity index (χ1n) is 5.11. The molecule has 0 saturated carbocycles. The highest BCUT2D eigenvalue weighted by Gasteiger charge is 2.17. The standard InChI is InChI=1S/C10H9N3O4S2/c14-13(15)8-2-1-3-9(6-8)19(16,17)12-7-10-11-4-5-18-10/h1-6,12H,7H2. The van der Waals surface area contributed by atoms with Gasteiger partial charge < -0.3 is 0 Å². The van der Waals surface area contributed by atoms with Gasteiger partial charge >= 0.3 is 0 Å². The van der Waals surface area contributed by atoms with E-state index in [1.54, 1.807) is 11.6 Å². The average molecular weight is 299 g/mol. The summed E-state index contributed by atoms with van der Waals surface area (Å²) in [6.45, 7) is 0.0582. The number of thiazole rings is 1. The highest BCUT2D eigenvalue weighted by atomic mass is 32.2. The fourth-order valence-electron chi connectivity index (χ4n) is 1.34. The van der Waals surface area contributed by atoms with Crippen LogP contribution in [-0.2, 0) is 16.6 Å². The molecule has 100 valence electrons.